The molecule has 0 bridgehead atoms. The fourth-order valence-electron chi connectivity index (χ4n) is 7.65. The van der Waals surface area contributed by atoms with E-state index in [-0.39, 0.29) is 0 Å². The second-order valence-electron chi connectivity index (χ2n) is 12.9. The molecule has 0 fully saturated rings. The first-order valence-corrected chi connectivity index (χ1v) is 17.0. The van der Waals surface area contributed by atoms with Crippen molar-refractivity contribution in [2.45, 2.75) is 0 Å². The summed E-state index contributed by atoms with van der Waals surface area (Å²) in [5, 5.41) is 4.90. The standard InChI is InChI=1S/C47H31N3/c1-3-10-32(11-4-1)34-18-22-38(23-19-34)49-44-17-8-7-16-40(44)42-29-36(20-24-45(42)49)37-21-25-46-43(30-37)41-26-27-48-31-47(41)50(46)39-15-9-14-35(28-39)33-12-5-2-6-13-33/h1-31H. The molecule has 0 saturated heterocycles. The van der Waals surface area contributed by atoms with Gasteiger partial charge in [-0.15, -0.1) is 0 Å². The van der Waals surface area contributed by atoms with Crippen molar-refractivity contribution < 1.29 is 0 Å². The Kier molecular flexibility index (Phi) is 6.49. The summed E-state index contributed by atoms with van der Waals surface area (Å²) in [6, 6.07) is 63.4. The van der Waals surface area contributed by atoms with Crippen molar-refractivity contribution >= 4 is 43.6 Å². The van der Waals surface area contributed by atoms with Crippen molar-refractivity contribution in [3.63, 3.8) is 0 Å². The van der Waals surface area contributed by atoms with Crippen LogP contribution in [0.5, 0.6) is 0 Å². The van der Waals surface area contributed by atoms with Gasteiger partial charge in [0.1, 0.15) is 0 Å². The maximum atomic E-state index is 4.54. The van der Waals surface area contributed by atoms with E-state index in [2.05, 4.69) is 190 Å². The normalized spacial score (nSPS) is 11.6. The van der Waals surface area contributed by atoms with E-state index in [1.165, 1.54) is 71.5 Å². The molecule has 234 valence electrons. The molecule has 3 heterocycles. The Balaban J connectivity index is 1.10. The Morgan fingerprint density at radius 3 is 1.50 bits per heavy atom. The number of pyridine rings is 1. The topological polar surface area (TPSA) is 22.8 Å². The van der Waals surface area contributed by atoms with Crippen molar-refractivity contribution in [3.8, 4) is 44.8 Å². The lowest BCUT2D eigenvalue weighted by Crippen LogP contribution is -1.94. The maximum Gasteiger partial charge on any atom is 0.0724 e. The van der Waals surface area contributed by atoms with Gasteiger partial charge in [0.05, 0.1) is 28.3 Å². The van der Waals surface area contributed by atoms with E-state index in [9.17, 15) is 0 Å². The van der Waals surface area contributed by atoms with Gasteiger partial charge in [-0.25, -0.2) is 0 Å². The lowest BCUT2D eigenvalue weighted by molar-refractivity contribution is 1.17. The maximum absolute atomic E-state index is 4.54. The molecule has 3 heteroatoms. The molecule has 0 spiro atoms. The number of hydrogen-bond donors (Lipinski definition) is 0. The van der Waals surface area contributed by atoms with Gasteiger partial charge in [-0.3, -0.25) is 4.98 Å². The monoisotopic (exact) mass is 637 g/mol. The number of nitrogens with zero attached hydrogens (tertiary/aromatic N) is 3. The third kappa shape index (κ3) is 4.56. The fourth-order valence-corrected chi connectivity index (χ4v) is 7.65. The van der Waals surface area contributed by atoms with Crippen LogP contribution in [-0.4, -0.2) is 14.1 Å². The summed E-state index contributed by atoms with van der Waals surface area (Å²) < 4.78 is 4.73. The highest BCUT2D eigenvalue weighted by molar-refractivity contribution is 6.12. The predicted molar refractivity (Wildman–Crippen MR) is 209 cm³/mol. The first-order valence-electron chi connectivity index (χ1n) is 17.0. The quantitative estimate of drug-likeness (QED) is 0.184. The van der Waals surface area contributed by atoms with Crippen molar-refractivity contribution in [3.05, 3.63) is 188 Å². The number of aromatic nitrogens is 3. The summed E-state index contributed by atoms with van der Waals surface area (Å²) >= 11 is 0. The van der Waals surface area contributed by atoms with Gasteiger partial charge in [0.25, 0.3) is 0 Å². The van der Waals surface area contributed by atoms with Crippen LogP contribution in [0.25, 0.3) is 88.4 Å². The number of fused-ring (bicyclic) bond motifs is 6. The first kappa shape index (κ1) is 28.3. The van der Waals surface area contributed by atoms with Gasteiger partial charge in [0.2, 0.25) is 0 Å². The number of hydrogen-bond acceptors (Lipinski definition) is 1. The second kappa shape index (κ2) is 11.5. The molecule has 0 aliphatic heterocycles. The highest BCUT2D eigenvalue weighted by Gasteiger charge is 2.16. The molecule has 0 atom stereocenters. The molecule has 10 rings (SSSR count). The molecule has 7 aromatic carbocycles. The van der Waals surface area contributed by atoms with Crippen LogP contribution < -0.4 is 0 Å². The molecule has 0 N–H and O–H groups in total. The van der Waals surface area contributed by atoms with Crippen LogP contribution in [0.3, 0.4) is 0 Å². The van der Waals surface area contributed by atoms with Gasteiger partial charge < -0.3 is 9.13 Å². The Morgan fingerprint density at radius 2 is 0.800 bits per heavy atom. The highest BCUT2D eigenvalue weighted by atomic mass is 15.0. The molecule has 0 unspecified atom stereocenters. The summed E-state index contributed by atoms with van der Waals surface area (Å²) in [4.78, 5) is 4.54. The minimum Gasteiger partial charge on any atom is -0.309 e. The first-order chi connectivity index (χ1) is 24.8. The van der Waals surface area contributed by atoms with E-state index in [0.717, 1.165) is 16.9 Å². The lowest BCUT2D eigenvalue weighted by Gasteiger charge is -2.11. The summed E-state index contributed by atoms with van der Waals surface area (Å²) in [5.41, 5.74) is 14.2. The van der Waals surface area contributed by atoms with Crippen molar-refractivity contribution in [2.75, 3.05) is 0 Å². The molecule has 3 nitrogen and oxygen atoms in total. The third-order valence-corrected chi connectivity index (χ3v) is 10.0. The lowest BCUT2D eigenvalue weighted by atomic mass is 10.0. The minimum absolute atomic E-state index is 1.10. The molecule has 50 heavy (non-hydrogen) atoms. The van der Waals surface area contributed by atoms with Gasteiger partial charge >= 0.3 is 0 Å². The number of rotatable bonds is 5. The second-order valence-corrected chi connectivity index (χ2v) is 12.9. The highest BCUT2D eigenvalue weighted by Crippen LogP contribution is 2.38. The average molecular weight is 638 g/mol. The van der Waals surface area contributed by atoms with Crippen LogP contribution in [0.4, 0.5) is 0 Å². The average Bonchev–Trinajstić information content (AvgIpc) is 3.71. The predicted octanol–water partition coefficient (Wildman–Crippen LogP) is 12.3. The Hall–Kier alpha value is -6.71. The molecular formula is C47H31N3. The Morgan fingerprint density at radius 1 is 0.300 bits per heavy atom. The zero-order chi connectivity index (χ0) is 33.0. The molecule has 10 aromatic rings. The van der Waals surface area contributed by atoms with Crippen LogP contribution in [-0.2, 0) is 0 Å². The number of para-hydroxylation sites is 1. The van der Waals surface area contributed by atoms with E-state index >= 15 is 0 Å². The molecule has 0 aliphatic carbocycles. The Bertz CT molecular complexity index is 2840. The van der Waals surface area contributed by atoms with E-state index in [4.69, 9.17) is 0 Å². The third-order valence-electron chi connectivity index (χ3n) is 10.0. The van der Waals surface area contributed by atoms with Crippen molar-refractivity contribution in [2.24, 2.45) is 0 Å². The van der Waals surface area contributed by atoms with E-state index in [1.807, 2.05) is 12.4 Å². The van der Waals surface area contributed by atoms with Crippen molar-refractivity contribution in [1.82, 2.24) is 14.1 Å². The molecule has 0 radical (unpaired) electrons. The van der Waals surface area contributed by atoms with Crippen LogP contribution >= 0.6 is 0 Å². The van der Waals surface area contributed by atoms with Crippen LogP contribution in [0, 0.1) is 0 Å². The summed E-state index contributed by atoms with van der Waals surface area (Å²) in [6.07, 6.45) is 3.88. The number of benzene rings is 7. The van der Waals surface area contributed by atoms with E-state index < -0.39 is 0 Å². The summed E-state index contributed by atoms with van der Waals surface area (Å²) in [7, 11) is 0. The summed E-state index contributed by atoms with van der Waals surface area (Å²) in [5.74, 6) is 0. The zero-order valence-electron chi connectivity index (χ0n) is 27.2. The van der Waals surface area contributed by atoms with Gasteiger partial charge in [0.15, 0.2) is 0 Å². The van der Waals surface area contributed by atoms with Gasteiger partial charge in [0, 0.05) is 39.1 Å². The molecule has 0 saturated carbocycles. The molecule has 3 aromatic heterocycles. The minimum atomic E-state index is 1.10. The van der Waals surface area contributed by atoms with Gasteiger partial charge in [-0.2, -0.15) is 0 Å². The van der Waals surface area contributed by atoms with Crippen LogP contribution in [0.15, 0.2) is 188 Å². The molecule has 0 amide bonds. The van der Waals surface area contributed by atoms with Crippen LogP contribution in [0.1, 0.15) is 0 Å². The SMILES string of the molecule is c1ccc(-c2ccc(-n3c4ccccc4c4cc(-c5ccc6c(c5)c5ccncc5n6-c5cccc(-c6ccccc6)c5)ccc43)cc2)cc1. The Labute approximate surface area is 290 Å². The van der Waals surface area contributed by atoms with Gasteiger partial charge in [-0.1, -0.05) is 115 Å². The largest absolute Gasteiger partial charge is 0.309 e. The van der Waals surface area contributed by atoms with Crippen molar-refractivity contribution in [1.29, 1.82) is 0 Å². The van der Waals surface area contributed by atoms with Gasteiger partial charge in [-0.05, 0) is 94.0 Å². The van der Waals surface area contributed by atoms with E-state index in [0.29, 0.717) is 0 Å². The molecular weight excluding hydrogens is 607 g/mol. The fraction of sp³-hybridized carbons (Fsp3) is 0. The molecule has 0 aliphatic rings. The summed E-state index contributed by atoms with van der Waals surface area (Å²) in [6.45, 7) is 0. The zero-order valence-corrected chi connectivity index (χ0v) is 27.2. The van der Waals surface area contributed by atoms with Crippen LogP contribution in [0.2, 0.25) is 0 Å². The van der Waals surface area contributed by atoms with E-state index in [1.54, 1.807) is 0 Å². The smallest absolute Gasteiger partial charge is 0.0724 e.